The first kappa shape index (κ1) is 15.6. The number of carbonyl (C=O) groups is 1. The smallest absolute Gasteiger partial charge is 0.173 e. The van der Waals surface area contributed by atoms with Crippen LogP contribution in [0.15, 0.2) is 41.1 Å². The molecule has 0 aromatic rings. The van der Waals surface area contributed by atoms with Crippen molar-refractivity contribution in [2.45, 2.75) is 41.5 Å². The van der Waals surface area contributed by atoms with Gasteiger partial charge in [0.15, 0.2) is 5.78 Å². The van der Waals surface area contributed by atoms with E-state index in [0.717, 1.165) is 11.3 Å². The first-order valence-electron chi connectivity index (χ1n) is 5.80. The van der Waals surface area contributed by atoms with E-state index < -0.39 is 0 Å². The molecule has 0 aliphatic rings. The lowest BCUT2D eigenvalue weighted by Crippen LogP contribution is -2.11. The van der Waals surface area contributed by atoms with Gasteiger partial charge >= 0.3 is 0 Å². The Bertz CT molecular complexity index is 390. The van der Waals surface area contributed by atoms with E-state index in [0.29, 0.717) is 5.71 Å². The van der Waals surface area contributed by atoms with E-state index in [1.165, 1.54) is 6.92 Å². The highest BCUT2D eigenvalue weighted by molar-refractivity contribution is 6.38. The molecule has 0 unspecified atom stereocenters. The zero-order chi connectivity index (χ0) is 13.6. The summed E-state index contributed by atoms with van der Waals surface area (Å²) in [7, 11) is 0. The van der Waals surface area contributed by atoms with Gasteiger partial charge < -0.3 is 0 Å². The van der Waals surface area contributed by atoms with Crippen molar-refractivity contribution in [1.82, 2.24) is 0 Å². The summed E-state index contributed by atoms with van der Waals surface area (Å²) in [5.74, 6) is -0.00988. The molecule has 0 aromatic heterocycles. The summed E-state index contributed by atoms with van der Waals surface area (Å²) >= 11 is 0. The fourth-order valence-electron chi connectivity index (χ4n) is 1.40. The lowest BCUT2D eigenvalue weighted by Gasteiger charge is -2.21. The average molecular weight is 233 g/mol. The van der Waals surface area contributed by atoms with Crippen LogP contribution in [0, 0.1) is 5.41 Å². The zero-order valence-corrected chi connectivity index (χ0v) is 11.8. The molecule has 0 saturated heterocycles. The summed E-state index contributed by atoms with van der Waals surface area (Å²) in [6.45, 7) is 15.3. The van der Waals surface area contributed by atoms with Crippen LogP contribution in [0.1, 0.15) is 41.5 Å². The molecule has 0 heterocycles. The summed E-state index contributed by atoms with van der Waals surface area (Å²) in [4.78, 5) is 15.6. The van der Waals surface area contributed by atoms with E-state index in [9.17, 15) is 4.79 Å². The van der Waals surface area contributed by atoms with Crippen LogP contribution in [0.4, 0.5) is 0 Å². The molecule has 0 atom stereocenters. The van der Waals surface area contributed by atoms with E-state index in [2.05, 4.69) is 32.3 Å². The molecule has 0 aliphatic carbocycles. The minimum absolute atomic E-state index is 0.00988. The summed E-state index contributed by atoms with van der Waals surface area (Å²) in [6, 6.07) is 0. The normalized spacial score (nSPS) is 14.8. The zero-order valence-electron chi connectivity index (χ0n) is 11.8. The first-order valence-corrected chi connectivity index (χ1v) is 5.80. The number of allylic oxidation sites excluding steroid dienone is 4. The second kappa shape index (κ2) is 6.33. The van der Waals surface area contributed by atoms with Crippen molar-refractivity contribution in [1.29, 1.82) is 0 Å². The van der Waals surface area contributed by atoms with Crippen molar-refractivity contribution in [2.75, 3.05) is 0 Å². The second-order valence-corrected chi connectivity index (χ2v) is 5.01. The highest BCUT2D eigenvalue weighted by Gasteiger charge is 2.17. The highest BCUT2D eigenvalue weighted by atomic mass is 16.1. The van der Waals surface area contributed by atoms with E-state index in [1.54, 1.807) is 6.92 Å². The molecule has 0 saturated carbocycles. The van der Waals surface area contributed by atoms with Crippen LogP contribution < -0.4 is 0 Å². The maximum absolute atomic E-state index is 11.2. The number of ketones is 1. The fraction of sp³-hybridized carbons (Fsp3) is 0.467. The van der Waals surface area contributed by atoms with Gasteiger partial charge in [-0.05, 0) is 30.9 Å². The Labute approximate surface area is 105 Å². The number of Topliss-reactive ketones (excluding diaryl/α,β-unsaturated/α-hetero) is 1. The Morgan fingerprint density at radius 3 is 2.06 bits per heavy atom. The van der Waals surface area contributed by atoms with Crippen molar-refractivity contribution in [3.8, 4) is 0 Å². The molecular weight excluding hydrogens is 210 g/mol. The van der Waals surface area contributed by atoms with Crippen molar-refractivity contribution in [2.24, 2.45) is 10.4 Å². The van der Waals surface area contributed by atoms with Gasteiger partial charge in [-0.2, -0.15) is 0 Å². The van der Waals surface area contributed by atoms with Gasteiger partial charge in [-0.15, -0.1) is 0 Å². The van der Waals surface area contributed by atoms with E-state index in [-0.39, 0.29) is 11.2 Å². The molecule has 17 heavy (non-hydrogen) atoms. The summed E-state index contributed by atoms with van der Waals surface area (Å²) in [5.41, 5.74) is 2.32. The molecule has 0 spiro atoms. The molecule has 0 N–H and O–H groups in total. The van der Waals surface area contributed by atoms with Crippen LogP contribution in [0.25, 0.3) is 0 Å². The maximum atomic E-state index is 11.2. The number of hydrogen-bond donors (Lipinski definition) is 0. The number of aliphatic imine (C=N–C) groups is 1. The number of carbonyl (C=O) groups excluding carboxylic acids is 1. The monoisotopic (exact) mass is 233 g/mol. The molecule has 2 heteroatoms. The minimum Gasteiger partial charge on any atom is -0.293 e. The Hall–Kier alpha value is -1.44. The second-order valence-electron chi connectivity index (χ2n) is 5.01. The third-order valence-electron chi connectivity index (χ3n) is 2.41. The van der Waals surface area contributed by atoms with Crippen molar-refractivity contribution in [3.63, 3.8) is 0 Å². The molecule has 2 nitrogen and oxygen atoms in total. The van der Waals surface area contributed by atoms with Gasteiger partial charge in [0, 0.05) is 6.92 Å². The number of nitrogens with zero attached hydrogens (tertiary/aromatic N) is 1. The standard InChI is InChI=1S/C15H23NO/c1-8-10-14(16-11(3)12(4)17)13(9-2)15(5,6)7/h8-10H,2H2,1,3-7H3/b10-8-,14-13-,16-11?. The molecule has 0 radical (unpaired) electrons. The van der Waals surface area contributed by atoms with Crippen LogP contribution in [0.2, 0.25) is 0 Å². The van der Waals surface area contributed by atoms with Crippen LogP contribution in [-0.2, 0) is 4.79 Å². The third-order valence-corrected chi connectivity index (χ3v) is 2.41. The summed E-state index contributed by atoms with van der Waals surface area (Å²) in [5, 5.41) is 0. The Morgan fingerprint density at radius 1 is 1.24 bits per heavy atom. The third kappa shape index (κ3) is 4.94. The van der Waals surface area contributed by atoms with Crippen LogP contribution in [-0.4, -0.2) is 11.5 Å². The molecule has 0 aliphatic heterocycles. The minimum atomic E-state index is -0.0445. The molecule has 0 bridgehead atoms. The van der Waals surface area contributed by atoms with Gasteiger partial charge in [0.05, 0.1) is 11.4 Å². The van der Waals surface area contributed by atoms with Crippen LogP contribution in [0.3, 0.4) is 0 Å². The molecular formula is C15H23NO. The molecule has 0 amide bonds. The van der Waals surface area contributed by atoms with Crippen molar-refractivity contribution in [3.05, 3.63) is 36.1 Å². The van der Waals surface area contributed by atoms with Crippen molar-refractivity contribution >= 4 is 11.5 Å². The molecule has 94 valence electrons. The van der Waals surface area contributed by atoms with Gasteiger partial charge in [-0.3, -0.25) is 4.79 Å². The van der Waals surface area contributed by atoms with E-state index in [4.69, 9.17) is 0 Å². The molecule has 0 rings (SSSR count). The quantitative estimate of drug-likeness (QED) is 0.531. The summed E-state index contributed by atoms with van der Waals surface area (Å²) < 4.78 is 0. The highest BCUT2D eigenvalue weighted by Crippen LogP contribution is 2.30. The predicted molar refractivity (Wildman–Crippen MR) is 75.3 cm³/mol. The summed E-state index contributed by atoms with van der Waals surface area (Å²) in [6.07, 6.45) is 5.64. The number of hydrogen-bond acceptors (Lipinski definition) is 2. The van der Waals surface area contributed by atoms with Gasteiger partial charge in [0.1, 0.15) is 0 Å². The molecule has 0 fully saturated rings. The Balaban J connectivity index is 5.80. The molecule has 0 aromatic carbocycles. The maximum Gasteiger partial charge on any atom is 0.173 e. The van der Waals surface area contributed by atoms with Crippen LogP contribution in [0.5, 0.6) is 0 Å². The topological polar surface area (TPSA) is 29.4 Å². The SMILES string of the molecule is C=C/C(=C(\C=C/C)N=C(C)C(C)=O)C(C)(C)C. The Kier molecular flexibility index (Phi) is 5.80. The lowest BCUT2D eigenvalue weighted by atomic mass is 9.85. The average Bonchev–Trinajstić information content (AvgIpc) is 2.16. The van der Waals surface area contributed by atoms with Gasteiger partial charge in [-0.25, -0.2) is 4.99 Å². The number of rotatable bonds is 4. The van der Waals surface area contributed by atoms with Gasteiger partial charge in [0.2, 0.25) is 0 Å². The predicted octanol–water partition coefficient (Wildman–Crippen LogP) is 4.10. The van der Waals surface area contributed by atoms with E-state index >= 15 is 0 Å². The first-order chi connectivity index (χ1) is 7.73. The van der Waals surface area contributed by atoms with Gasteiger partial charge in [-0.1, -0.05) is 39.5 Å². The lowest BCUT2D eigenvalue weighted by molar-refractivity contribution is -0.111. The Morgan fingerprint density at radius 2 is 1.76 bits per heavy atom. The fourth-order valence-corrected chi connectivity index (χ4v) is 1.40. The largest absolute Gasteiger partial charge is 0.293 e. The van der Waals surface area contributed by atoms with Crippen molar-refractivity contribution < 1.29 is 4.79 Å². The van der Waals surface area contributed by atoms with Crippen LogP contribution >= 0.6 is 0 Å². The van der Waals surface area contributed by atoms with E-state index in [1.807, 2.05) is 25.2 Å². The van der Waals surface area contributed by atoms with Gasteiger partial charge in [0.25, 0.3) is 0 Å².